The number of rotatable bonds is 6. The number of hydrogen-bond donors (Lipinski definition) is 1. The number of hydrogen-bond acceptors (Lipinski definition) is 2. The first-order chi connectivity index (χ1) is 18.8. The number of aromatic nitrogens is 1. The molecule has 200 valence electrons. The molecule has 0 amide bonds. The van der Waals surface area contributed by atoms with Gasteiger partial charge >= 0.3 is 0 Å². The highest BCUT2D eigenvalue weighted by atomic mass is 19.2. The van der Waals surface area contributed by atoms with E-state index in [-0.39, 0.29) is 29.9 Å². The molecule has 2 bridgehead atoms. The molecule has 3 aromatic carbocycles. The molecule has 0 spiro atoms. The summed E-state index contributed by atoms with van der Waals surface area (Å²) >= 11 is 0. The van der Waals surface area contributed by atoms with Crippen molar-refractivity contribution in [2.24, 2.45) is 11.8 Å². The van der Waals surface area contributed by atoms with Gasteiger partial charge in [-0.2, -0.15) is 0 Å². The molecule has 0 aliphatic carbocycles. The lowest BCUT2D eigenvalue weighted by atomic mass is 9.70. The quantitative estimate of drug-likeness (QED) is 0.165. The van der Waals surface area contributed by atoms with Crippen LogP contribution in [0.4, 0.5) is 17.6 Å². The summed E-state index contributed by atoms with van der Waals surface area (Å²) in [7, 11) is 0. The molecular formula is C32H29F4N2O+. The summed E-state index contributed by atoms with van der Waals surface area (Å²) in [6, 6.07) is 17.8. The lowest BCUT2D eigenvalue weighted by molar-refractivity contribution is -0.985. The minimum absolute atomic E-state index is 0.104. The largest absolute Gasteiger partial charge is 0.382 e. The van der Waals surface area contributed by atoms with Crippen molar-refractivity contribution in [1.82, 2.24) is 4.98 Å². The molecule has 1 N–H and O–H groups in total. The average Bonchev–Trinajstić information content (AvgIpc) is 2.97. The van der Waals surface area contributed by atoms with E-state index < -0.39 is 23.6 Å². The maximum absolute atomic E-state index is 15.0. The maximum atomic E-state index is 15.0. The van der Waals surface area contributed by atoms with Crippen molar-refractivity contribution in [3.05, 3.63) is 119 Å². The van der Waals surface area contributed by atoms with Gasteiger partial charge < -0.3 is 9.59 Å². The van der Waals surface area contributed by atoms with Crippen LogP contribution >= 0.6 is 0 Å². The van der Waals surface area contributed by atoms with E-state index in [2.05, 4.69) is 11.1 Å². The van der Waals surface area contributed by atoms with Gasteiger partial charge in [-0.05, 0) is 53.4 Å². The van der Waals surface area contributed by atoms with Gasteiger partial charge in [-0.1, -0.05) is 42.5 Å². The molecule has 3 aliphatic heterocycles. The van der Waals surface area contributed by atoms with Crippen molar-refractivity contribution < 1.29 is 27.2 Å². The van der Waals surface area contributed by atoms with Crippen molar-refractivity contribution in [2.45, 2.75) is 31.5 Å². The third-order valence-corrected chi connectivity index (χ3v) is 8.75. The van der Waals surface area contributed by atoms with Crippen molar-refractivity contribution in [3.63, 3.8) is 0 Å². The zero-order valence-corrected chi connectivity index (χ0v) is 21.3. The van der Waals surface area contributed by atoms with Crippen LogP contribution < -0.4 is 0 Å². The second kappa shape index (κ2) is 10.2. The topological polar surface area (TPSA) is 33.1 Å². The third kappa shape index (κ3) is 4.74. The van der Waals surface area contributed by atoms with Gasteiger partial charge in [-0.25, -0.2) is 17.6 Å². The first kappa shape index (κ1) is 25.7. The standard InChI is InChI=1S/C32H29F4N2O/c33-24-10-6-20(7-11-24)5-8-22-18-38(19-23-9-12-27(34)31(36)30(23)35)16-14-21(22)17-29(38)32(39)26-13-15-37-28-4-2-1-3-25(26)28/h1-13,15,21-22,29,32,39H,14,16-19H2/q+1/b8-5+/t21-,22-,29-,32+,38-/m0/s1. The molecule has 4 heterocycles. The van der Waals surface area contributed by atoms with E-state index in [0.717, 1.165) is 34.5 Å². The normalized spacial score (nSPS) is 25.4. The number of aliphatic hydroxyl groups is 1. The minimum atomic E-state index is -1.47. The van der Waals surface area contributed by atoms with E-state index in [4.69, 9.17) is 0 Å². The summed E-state index contributed by atoms with van der Waals surface area (Å²) in [4.78, 5) is 4.43. The van der Waals surface area contributed by atoms with Crippen LogP contribution in [0.25, 0.3) is 17.0 Å². The van der Waals surface area contributed by atoms with Gasteiger partial charge in [-0.3, -0.25) is 4.98 Å². The number of halogens is 4. The predicted octanol–water partition coefficient (Wildman–Crippen LogP) is 6.96. The van der Waals surface area contributed by atoms with E-state index in [9.17, 15) is 22.7 Å². The lowest BCUT2D eigenvalue weighted by Crippen LogP contribution is -2.67. The number of nitrogens with zero attached hydrogens (tertiary/aromatic N) is 2. The first-order valence-corrected chi connectivity index (χ1v) is 13.3. The number of fused-ring (bicyclic) bond motifs is 4. The van der Waals surface area contributed by atoms with Crippen LogP contribution in [0.1, 0.15) is 35.6 Å². The number of para-hydroxylation sites is 1. The van der Waals surface area contributed by atoms with Crippen molar-refractivity contribution in [2.75, 3.05) is 13.1 Å². The highest BCUT2D eigenvalue weighted by Gasteiger charge is 2.54. The van der Waals surface area contributed by atoms with E-state index in [1.54, 1.807) is 18.3 Å². The van der Waals surface area contributed by atoms with Gasteiger partial charge in [0.05, 0.1) is 18.6 Å². The molecule has 3 nitrogen and oxygen atoms in total. The summed E-state index contributed by atoms with van der Waals surface area (Å²) in [5, 5.41) is 12.7. The van der Waals surface area contributed by atoms with E-state index >= 15 is 0 Å². The Labute approximate surface area is 224 Å². The van der Waals surface area contributed by atoms with E-state index in [1.165, 1.54) is 18.2 Å². The molecule has 0 saturated carbocycles. The number of benzene rings is 3. The van der Waals surface area contributed by atoms with Gasteiger partial charge in [0.2, 0.25) is 0 Å². The number of piperidine rings is 3. The molecule has 5 atom stereocenters. The smallest absolute Gasteiger partial charge is 0.194 e. The Hall–Kier alpha value is -3.55. The van der Waals surface area contributed by atoms with Crippen molar-refractivity contribution in [3.8, 4) is 0 Å². The summed E-state index contributed by atoms with van der Waals surface area (Å²) in [6.07, 6.45) is 6.49. The van der Waals surface area contributed by atoms with Crippen LogP contribution in [0, 0.1) is 35.1 Å². The Balaban J connectivity index is 1.38. The molecule has 0 radical (unpaired) electrons. The molecule has 0 unspecified atom stereocenters. The van der Waals surface area contributed by atoms with Crippen LogP contribution in [-0.2, 0) is 6.54 Å². The zero-order chi connectivity index (χ0) is 27.1. The fourth-order valence-corrected chi connectivity index (χ4v) is 6.75. The average molecular weight is 534 g/mol. The number of aliphatic hydroxyl groups excluding tert-OH is 1. The minimum Gasteiger partial charge on any atom is -0.382 e. The Morgan fingerprint density at radius 3 is 2.56 bits per heavy atom. The molecule has 3 aliphatic rings. The first-order valence-electron chi connectivity index (χ1n) is 13.3. The zero-order valence-electron chi connectivity index (χ0n) is 21.3. The monoisotopic (exact) mass is 533 g/mol. The summed E-state index contributed by atoms with van der Waals surface area (Å²) in [5.74, 6) is -3.72. The van der Waals surface area contributed by atoms with Crippen LogP contribution in [0.2, 0.25) is 0 Å². The molecule has 1 aromatic heterocycles. The van der Waals surface area contributed by atoms with E-state index in [0.29, 0.717) is 29.9 Å². The lowest BCUT2D eigenvalue weighted by Gasteiger charge is -2.58. The van der Waals surface area contributed by atoms with Crippen LogP contribution in [0.15, 0.2) is 79.0 Å². The molecule has 4 aromatic rings. The second-order valence-electron chi connectivity index (χ2n) is 10.9. The summed E-state index contributed by atoms with van der Waals surface area (Å²) in [6.45, 7) is 1.45. The number of pyridine rings is 1. The fourth-order valence-electron chi connectivity index (χ4n) is 6.75. The molecule has 7 rings (SSSR count). The summed E-state index contributed by atoms with van der Waals surface area (Å²) < 4.78 is 56.7. The highest BCUT2D eigenvalue weighted by Crippen LogP contribution is 2.48. The predicted molar refractivity (Wildman–Crippen MR) is 142 cm³/mol. The molecular weight excluding hydrogens is 504 g/mol. The molecule has 7 heteroatoms. The number of quaternary nitrogens is 1. The Morgan fingerprint density at radius 1 is 0.949 bits per heavy atom. The highest BCUT2D eigenvalue weighted by molar-refractivity contribution is 5.82. The van der Waals surface area contributed by atoms with Crippen molar-refractivity contribution in [1.29, 1.82) is 0 Å². The molecule has 3 saturated heterocycles. The van der Waals surface area contributed by atoms with Crippen molar-refractivity contribution >= 4 is 17.0 Å². The second-order valence-corrected chi connectivity index (χ2v) is 10.9. The SMILES string of the molecule is O[C@H](c1ccnc2ccccc12)[C@@H]1C[C@@H]2CC[N@@+]1(Cc1ccc(F)c(F)c1F)C[C@@H]2/C=C/c1ccc(F)cc1. The van der Waals surface area contributed by atoms with Crippen LogP contribution in [0.3, 0.4) is 0 Å². The van der Waals surface area contributed by atoms with Crippen LogP contribution in [0.5, 0.6) is 0 Å². The molecule has 3 fully saturated rings. The van der Waals surface area contributed by atoms with Gasteiger partial charge in [0.1, 0.15) is 24.5 Å². The van der Waals surface area contributed by atoms with Gasteiger partial charge in [0, 0.05) is 35.9 Å². The molecule has 39 heavy (non-hydrogen) atoms. The summed E-state index contributed by atoms with van der Waals surface area (Å²) in [5.41, 5.74) is 2.53. The Morgan fingerprint density at radius 2 is 1.74 bits per heavy atom. The van der Waals surface area contributed by atoms with E-state index in [1.807, 2.05) is 36.4 Å². The Kier molecular flexibility index (Phi) is 6.73. The van der Waals surface area contributed by atoms with Crippen LogP contribution in [-0.4, -0.2) is 33.7 Å². The van der Waals surface area contributed by atoms with Gasteiger partial charge in [-0.15, -0.1) is 0 Å². The van der Waals surface area contributed by atoms with Gasteiger partial charge in [0.25, 0.3) is 0 Å². The maximum Gasteiger partial charge on any atom is 0.194 e. The van der Waals surface area contributed by atoms with Gasteiger partial charge in [0.15, 0.2) is 17.5 Å². The Bertz CT molecular complexity index is 1530. The third-order valence-electron chi connectivity index (χ3n) is 8.75. The fraction of sp³-hybridized carbons (Fsp3) is 0.281.